The van der Waals surface area contributed by atoms with Crippen LogP contribution < -0.4 is 0 Å². The van der Waals surface area contributed by atoms with Gasteiger partial charge in [-0.05, 0) is 67.6 Å². The molecule has 3 aromatic heterocycles. The van der Waals surface area contributed by atoms with Crippen LogP contribution in [0.3, 0.4) is 0 Å². The summed E-state index contributed by atoms with van der Waals surface area (Å²) < 4.78 is 2.18. The lowest BCUT2D eigenvalue weighted by atomic mass is 9.82. The summed E-state index contributed by atoms with van der Waals surface area (Å²) in [5.41, 5.74) is 3.10. The van der Waals surface area contributed by atoms with E-state index in [0.29, 0.717) is 45.9 Å². The molecule has 0 N–H and O–H groups in total. The highest BCUT2D eigenvalue weighted by atomic mass is 35.5. The van der Waals surface area contributed by atoms with Crippen LogP contribution in [0.15, 0.2) is 42.5 Å². The van der Waals surface area contributed by atoms with Crippen LogP contribution >= 0.6 is 22.9 Å². The molecule has 6 nitrogen and oxygen atoms in total. The first-order chi connectivity index (χ1) is 18.4. The van der Waals surface area contributed by atoms with Crippen molar-refractivity contribution in [2.45, 2.75) is 51.5 Å². The number of terminal acetylenes is 1. The number of rotatable bonds is 7. The molecule has 1 aliphatic rings. The van der Waals surface area contributed by atoms with E-state index in [1.165, 1.54) is 11.3 Å². The Hall–Kier alpha value is -3.78. The molecule has 0 radical (unpaired) electrons. The Balaban J connectivity index is 1.52. The van der Waals surface area contributed by atoms with Crippen LogP contribution in [0.25, 0.3) is 22.6 Å². The fourth-order valence-electron chi connectivity index (χ4n) is 5.28. The number of nitrogens with zero attached hydrogens (tertiary/aromatic N) is 4. The lowest BCUT2D eigenvalue weighted by Crippen LogP contribution is -2.22. The van der Waals surface area contributed by atoms with Gasteiger partial charge in [0.25, 0.3) is 0 Å². The quantitative estimate of drug-likeness (QED) is 0.140. The van der Waals surface area contributed by atoms with Crippen molar-refractivity contribution in [1.82, 2.24) is 14.5 Å². The van der Waals surface area contributed by atoms with Crippen LogP contribution in [-0.4, -0.2) is 26.1 Å². The molecule has 1 fully saturated rings. The Bertz CT molecular complexity index is 1640. The molecule has 0 bridgehead atoms. The number of pyridine rings is 1. The summed E-state index contributed by atoms with van der Waals surface area (Å²) in [6.45, 7) is 1.84. The molecule has 1 aromatic carbocycles. The molecule has 8 heteroatoms. The zero-order valence-electron chi connectivity index (χ0n) is 20.9. The smallest absolute Gasteiger partial charge is 0.173 e. The van der Waals surface area contributed by atoms with Crippen molar-refractivity contribution in [3.63, 3.8) is 0 Å². The van der Waals surface area contributed by atoms with Crippen molar-refractivity contribution in [3.8, 4) is 29.9 Å². The summed E-state index contributed by atoms with van der Waals surface area (Å²) in [5, 5.41) is 9.42. The summed E-state index contributed by atoms with van der Waals surface area (Å²) in [6, 6.07) is 14.8. The topological polar surface area (TPSA) is 88.6 Å². The van der Waals surface area contributed by atoms with Gasteiger partial charge in [0.1, 0.15) is 16.9 Å². The molecule has 0 amide bonds. The Morgan fingerprint density at radius 1 is 1.16 bits per heavy atom. The summed E-state index contributed by atoms with van der Waals surface area (Å²) in [4.78, 5) is 36.2. The standard InChI is InChI=1S/C30H25ClN4O2S/c1-3-22-10-13-28(38-22)27(37)15-18-6-5-7-21(14-18)35-25-12-9-19(26(36)4-2)16-24(25)34-30(35)23-11-8-20(17-32)29(31)33-23/h1,8-13,16,18,21H,4-7,14-15H2,2H3/t18-,21+/m1/s1. The molecule has 0 saturated heterocycles. The highest BCUT2D eigenvalue weighted by Gasteiger charge is 2.29. The number of fused-ring (bicyclic) bond motifs is 1. The van der Waals surface area contributed by atoms with Gasteiger partial charge in [0.2, 0.25) is 0 Å². The molecule has 190 valence electrons. The van der Waals surface area contributed by atoms with Gasteiger partial charge in [0.15, 0.2) is 17.4 Å². The van der Waals surface area contributed by atoms with Gasteiger partial charge in [0.05, 0.1) is 26.4 Å². The third-order valence-electron chi connectivity index (χ3n) is 7.15. The second kappa shape index (κ2) is 10.9. The van der Waals surface area contributed by atoms with Crippen LogP contribution in [0, 0.1) is 29.6 Å². The van der Waals surface area contributed by atoms with Crippen LogP contribution in [-0.2, 0) is 0 Å². The number of hydrogen-bond acceptors (Lipinski definition) is 6. The summed E-state index contributed by atoms with van der Waals surface area (Å²) in [5.74, 6) is 3.64. The Kier molecular flexibility index (Phi) is 7.42. The number of aromatic nitrogens is 3. The highest BCUT2D eigenvalue weighted by molar-refractivity contribution is 7.14. The zero-order chi connectivity index (χ0) is 26.8. The molecule has 0 aliphatic heterocycles. The van der Waals surface area contributed by atoms with Crippen molar-refractivity contribution in [1.29, 1.82) is 5.26 Å². The van der Waals surface area contributed by atoms with Crippen LogP contribution in [0.1, 0.15) is 82.0 Å². The number of halogens is 1. The number of Topliss-reactive ketones (excluding diaryl/α,β-unsaturated/α-hetero) is 2. The van der Waals surface area contributed by atoms with E-state index in [2.05, 4.69) is 15.5 Å². The van der Waals surface area contributed by atoms with Gasteiger partial charge in [0, 0.05) is 24.4 Å². The van der Waals surface area contributed by atoms with Crippen molar-refractivity contribution in [2.24, 2.45) is 5.92 Å². The molecule has 5 rings (SSSR count). The number of thiophene rings is 1. The SMILES string of the molecule is C#Cc1ccc(C(=O)C[C@@H]2CCC[C@H](n3c(-c4ccc(C#N)c(Cl)n4)nc4cc(C(=O)CC)ccc43)C2)s1. The van der Waals surface area contributed by atoms with E-state index < -0.39 is 0 Å². The normalized spacial score (nSPS) is 17.2. The maximum atomic E-state index is 13.0. The molecule has 3 heterocycles. The first-order valence-electron chi connectivity index (χ1n) is 12.6. The molecule has 2 atom stereocenters. The van der Waals surface area contributed by atoms with E-state index in [0.717, 1.165) is 36.1 Å². The third kappa shape index (κ3) is 5.00. The summed E-state index contributed by atoms with van der Waals surface area (Å²) in [6.07, 6.45) is 10.1. The van der Waals surface area contributed by atoms with E-state index in [1.807, 2.05) is 43.3 Å². The number of carbonyl (C=O) groups excluding carboxylic acids is 2. The van der Waals surface area contributed by atoms with Gasteiger partial charge in [-0.2, -0.15) is 5.26 Å². The number of benzene rings is 1. The van der Waals surface area contributed by atoms with Crippen LogP contribution in [0.2, 0.25) is 5.15 Å². The number of hydrogen-bond donors (Lipinski definition) is 0. The minimum absolute atomic E-state index is 0.0559. The van der Waals surface area contributed by atoms with E-state index >= 15 is 0 Å². The summed E-state index contributed by atoms with van der Waals surface area (Å²) in [7, 11) is 0. The number of nitriles is 1. The molecule has 0 spiro atoms. The lowest BCUT2D eigenvalue weighted by molar-refractivity contribution is 0.0944. The van der Waals surface area contributed by atoms with Crippen LogP contribution in [0.5, 0.6) is 0 Å². The Morgan fingerprint density at radius 2 is 2.00 bits per heavy atom. The number of ketones is 2. The van der Waals surface area contributed by atoms with Crippen molar-refractivity contribution < 1.29 is 9.59 Å². The minimum Gasteiger partial charge on any atom is -0.320 e. The van der Waals surface area contributed by atoms with E-state index in [-0.39, 0.29) is 28.7 Å². The maximum absolute atomic E-state index is 13.0. The van der Waals surface area contributed by atoms with Gasteiger partial charge in [-0.15, -0.1) is 17.8 Å². The predicted octanol–water partition coefficient (Wildman–Crippen LogP) is 7.26. The van der Waals surface area contributed by atoms with Gasteiger partial charge < -0.3 is 4.57 Å². The average Bonchev–Trinajstić information content (AvgIpc) is 3.57. The third-order valence-corrected chi connectivity index (χ3v) is 8.49. The summed E-state index contributed by atoms with van der Waals surface area (Å²) >= 11 is 7.66. The predicted molar refractivity (Wildman–Crippen MR) is 150 cm³/mol. The largest absolute Gasteiger partial charge is 0.320 e. The van der Waals surface area contributed by atoms with Gasteiger partial charge in [-0.3, -0.25) is 9.59 Å². The van der Waals surface area contributed by atoms with Gasteiger partial charge in [-0.1, -0.05) is 30.9 Å². The first kappa shape index (κ1) is 25.9. The first-order valence-corrected chi connectivity index (χ1v) is 13.8. The minimum atomic E-state index is 0.0559. The molecule has 0 unspecified atom stereocenters. The zero-order valence-corrected chi connectivity index (χ0v) is 22.5. The molecule has 1 aliphatic carbocycles. The Labute approximate surface area is 230 Å². The van der Waals surface area contributed by atoms with Crippen molar-refractivity contribution in [2.75, 3.05) is 0 Å². The second-order valence-electron chi connectivity index (χ2n) is 9.55. The lowest BCUT2D eigenvalue weighted by Gasteiger charge is -2.31. The van der Waals surface area contributed by atoms with E-state index in [4.69, 9.17) is 23.0 Å². The van der Waals surface area contributed by atoms with Crippen molar-refractivity contribution in [3.05, 3.63) is 68.5 Å². The molecular weight excluding hydrogens is 516 g/mol. The Morgan fingerprint density at radius 3 is 2.71 bits per heavy atom. The molecule has 1 saturated carbocycles. The molecular formula is C30H25ClN4O2S. The molecule has 38 heavy (non-hydrogen) atoms. The number of carbonyl (C=O) groups is 2. The highest BCUT2D eigenvalue weighted by Crippen LogP contribution is 2.40. The number of imidazole rings is 1. The molecule has 4 aromatic rings. The van der Waals surface area contributed by atoms with Gasteiger partial charge >= 0.3 is 0 Å². The van der Waals surface area contributed by atoms with Gasteiger partial charge in [-0.25, -0.2) is 9.97 Å². The van der Waals surface area contributed by atoms with E-state index in [1.54, 1.807) is 12.1 Å². The van der Waals surface area contributed by atoms with Crippen LogP contribution in [0.4, 0.5) is 0 Å². The van der Waals surface area contributed by atoms with E-state index in [9.17, 15) is 14.9 Å². The second-order valence-corrected chi connectivity index (χ2v) is 11.0. The monoisotopic (exact) mass is 540 g/mol. The fourth-order valence-corrected chi connectivity index (χ4v) is 6.24. The fraction of sp³-hybridized carbons (Fsp3) is 0.300. The van der Waals surface area contributed by atoms with Crippen molar-refractivity contribution >= 4 is 45.5 Å². The maximum Gasteiger partial charge on any atom is 0.173 e. The average molecular weight is 541 g/mol.